The summed E-state index contributed by atoms with van der Waals surface area (Å²) in [6.45, 7) is 5.42. The summed E-state index contributed by atoms with van der Waals surface area (Å²) in [6.07, 6.45) is 3.36. The summed E-state index contributed by atoms with van der Waals surface area (Å²) in [5.41, 5.74) is 8.00. The van der Waals surface area contributed by atoms with Gasteiger partial charge in [-0.15, -0.1) is 0 Å². The molecule has 9 heteroatoms. The predicted octanol–water partition coefficient (Wildman–Crippen LogP) is 2.94. The molecule has 8 N–H and O–H groups in total. The maximum atomic E-state index is 9.96. The standard InChI is InChI=1S/C20H28N8O/c1-11(22)16-17(23)27-19(28-18(16)25-12-7-8-12)26-15-6-4-5-14(13(15)9-21)24-10-20(2,3)29/h4-6,9,12,21-22,24,29H,7-8,10H2,1-3H3,(H4,23,25,26,27,28). The molecular weight excluding hydrogens is 368 g/mol. The van der Waals surface area contributed by atoms with Gasteiger partial charge in [-0.3, -0.25) is 0 Å². The number of aliphatic hydroxyl groups is 1. The number of rotatable bonds is 9. The van der Waals surface area contributed by atoms with Crippen LogP contribution in [0.5, 0.6) is 0 Å². The van der Waals surface area contributed by atoms with Crippen molar-refractivity contribution in [1.29, 1.82) is 10.8 Å². The number of hydrogen-bond donors (Lipinski definition) is 7. The molecule has 1 heterocycles. The summed E-state index contributed by atoms with van der Waals surface area (Å²) in [7, 11) is 0. The van der Waals surface area contributed by atoms with Crippen molar-refractivity contribution in [2.24, 2.45) is 0 Å². The minimum absolute atomic E-state index is 0.228. The summed E-state index contributed by atoms with van der Waals surface area (Å²) in [5.74, 6) is 1.06. The first-order chi connectivity index (χ1) is 13.7. The molecule has 1 aliphatic rings. The van der Waals surface area contributed by atoms with Crippen molar-refractivity contribution in [2.45, 2.75) is 45.3 Å². The molecular formula is C20H28N8O. The lowest BCUT2D eigenvalue weighted by molar-refractivity contribution is 0.0945. The quantitative estimate of drug-likeness (QED) is 0.321. The minimum Gasteiger partial charge on any atom is -0.389 e. The highest BCUT2D eigenvalue weighted by molar-refractivity contribution is 6.05. The zero-order valence-electron chi connectivity index (χ0n) is 16.9. The molecule has 9 nitrogen and oxygen atoms in total. The van der Waals surface area contributed by atoms with E-state index in [1.165, 1.54) is 6.21 Å². The van der Waals surface area contributed by atoms with Crippen molar-refractivity contribution < 1.29 is 5.11 Å². The molecule has 0 saturated heterocycles. The predicted molar refractivity (Wildman–Crippen MR) is 118 cm³/mol. The number of nitrogens with one attached hydrogen (secondary N) is 5. The van der Waals surface area contributed by atoms with E-state index in [0.717, 1.165) is 12.8 Å². The van der Waals surface area contributed by atoms with E-state index >= 15 is 0 Å². The SMILES string of the molecule is CC(=N)c1c(N)nc(Nc2cccc(NCC(C)(C)O)c2C=N)nc1NC1CC1. The molecule has 0 bridgehead atoms. The topological polar surface area (TPSA) is 156 Å². The number of aromatic nitrogens is 2. The molecule has 2 aromatic rings. The average molecular weight is 396 g/mol. The molecule has 3 rings (SSSR count). The summed E-state index contributed by atoms with van der Waals surface area (Å²) in [6, 6.07) is 5.85. The summed E-state index contributed by atoms with van der Waals surface area (Å²) < 4.78 is 0. The van der Waals surface area contributed by atoms with Gasteiger partial charge in [0.2, 0.25) is 5.95 Å². The average Bonchev–Trinajstić information content (AvgIpc) is 3.42. The molecule has 1 aromatic heterocycles. The van der Waals surface area contributed by atoms with Crippen LogP contribution >= 0.6 is 0 Å². The summed E-state index contributed by atoms with van der Waals surface area (Å²) in [4.78, 5) is 8.84. The third kappa shape index (κ3) is 5.20. The zero-order chi connectivity index (χ0) is 21.2. The van der Waals surface area contributed by atoms with E-state index in [-0.39, 0.29) is 5.82 Å². The first kappa shape index (κ1) is 20.5. The van der Waals surface area contributed by atoms with Gasteiger partial charge in [0.15, 0.2) is 0 Å². The highest BCUT2D eigenvalue weighted by Crippen LogP contribution is 2.30. The normalized spacial score (nSPS) is 13.7. The Hall–Kier alpha value is -3.20. The van der Waals surface area contributed by atoms with E-state index in [0.29, 0.717) is 52.6 Å². The Balaban J connectivity index is 1.92. The maximum Gasteiger partial charge on any atom is 0.231 e. The summed E-state index contributed by atoms with van der Waals surface area (Å²) >= 11 is 0. The van der Waals surface area contributed by atoms with E-state index in [4.69, 9.17) is 16.6 Å². The number of benzene rings is 1. The maximum absolute atomic E-state index is 9.96. The number of anilines is 5. The van der Waals surface area contributed by atoms with E-state index in [2.05, 4.69) is 25.9 Å². The lowest BCUT2D eigenvalue weighted by Crippen LogP contribution is -2.29. The van der Waals surface area contributed by atoms with Crippen molar-refractivity contribution in [3.05, 3.63) is 29.3 Å². The van der Waals surface area contributed by atoms with Crippen LogP contribution in [-0.4, -0.2) is 45.2 Å². The van der Waals surface area contributed by atoms with Gasteiger partial charge in [0, 0.05) is 35.8 Å². The molecule has 0 aliphatic heterocycles. The van der Waals surface area contributed by atoms with Gasteiger partial charge in [0.25, 0.3) is 0 Å². The van der Waals surface area contributed by atoms with Gasteiger partial charge in [0.05, 0.1) is 16.9 Å². The van der Waals surface area contributed by atoms with Gasteiger partial charge in [-0.1, -0.05) is 6.07 Å². The third-order valence-electron chi connectivity index (χ3n) is 4.44. The lowest BCUT2D eigenvalue weighted by Gasteiger charge is -2.21. The molecule has 1 aliphatic carbocycles. The Morgan fingerprint density at radius 3 is 2.59 bits per heavy atom. The van der Waals surface area contributed by atoms with Gasteiger partial charge in [0.1, 0.15) is 11.6 Å². The second kappa shape index (κ2) is 8.04. The van der Waals surface area contributed by atoms with Crippen LogP contribution in [0.1, 0.15) is 44.7 Å². The second-order valence-corrected chi connectivity index (χ2v) is 7.90. The fourth-order valence-electron chi connectivity index (χ4n) is 2.85. The van der Waals surface area contributed by atoms with Crippen LogP contribution in [0.25, 0.3) is 0 Å². The van der Waals surface area contributed by atoms with Crippen molar-refractivity contribution >= 4 is 40.9 Å². The molecule has 1 aromatic carbocycles. The lowest BCUT2D eigenvalue weighted by atomic mass is 10.1. The smallest absolute Gasteiger partial charge is 0.231 e. The molecule has 1 saturated carbocycles. The first-order valence-electron chi connectivity index (χ1n) is 9.54. The Morgan fingerprint density at radius 2 is 2.00 bits per heavy atom. The molecule has 0 spiro atoms. The molecule has 29 heavy (non-hydrogen) atoms. The van der Waals surface area contributed by atoms with Crippen molar-refractivity contribution in [1.82, 2.24) is 9.97 Å². The van der Waals surface area contributed by atoms with Crippen LogP contribution in [-0.2, 0) is 0 Å². The highest BCUT2D eigenvalue weighted by atomic mass is 16.3. The monoisotopic (exact) mass is 396 g/mol. The van der Waals surface area contributed by atoms with E-state index in [1.807, 2.05) is 18.2 Å². The van der Waals surface area contributed by atoms with Gasteiger partial charge < -0.3 is 37.6 Å². The molecule has 1 fully saturated rings. The largest absolute Gasteiger partial charge is 0.389 e. The fourth-order valence-corrected chi connectivity index (χ4v) is 2.85. The molecule has 0 unspecified atom stereocenters. The Labute approximate surface area is 170 Å². The van der Waals surface area contributed by atoms with Gasteiger partial charge in [-0.2, -0.15) is 9.97 Å². The van der Waals surface area contributed by atoms with Crippen LogP contribution in [0.15, 0.2) is 18.2 Å². The Kier molecular flexibility index (Phi) is 5.69. The van der Waals surface area contributed by atoms with Crippen molar-refractivity contribution in [3.63, 3.8) is 0 Å². The molecule has 0 radical (unpaired) electrons. The van der Waals surface area contributed by atoms with E-state index in [9.17, 15) is 5.11 Å². The van der Waals surface area contributed by atoms with Crippen LogP contribution in [0.2, 0.25) is 0 Å². The number of nitrogen functional groups attached to an aromatic ring is 1. The van der Waals surface area contributed by atoms with Gasteiger partial charge >= 0.3 is 0 Å². The number of nitrogens with two attached hydrogens (primary N) is 1. The van der Waals surface area contributed by atoms with Crippen molar-refractivity contribution in [3.8, 4) is 0 Å². The molecule has 154 valence electrons. The molecule has 0 atom stereocenters. The van der Waals surface area contributed by atoms with Crippen molar-refractivity contribution in [2.75, 3.05) is 28.2 Å². The van der Waals surface area contributed by atoms with E-state index in [1.54, 1.807) is 20.8 Å². The highest BCUT2D eigenvalue weighted by Gasteiger charge is 2.25. The third-order valence-corrected chi connectivity index (χ3v) is 4.44. The Morgan fingerprint density at radius 1 is 1.31 bits per heavy atom. The summed E-state index contributed by atoms with van der Waals surface area (Å²) in [5, 5.41) is 35.4. The van der Waals surface area contributed by atoms with Gasteiger partial charge in [-0.05, 0) is 45.7 Å². The minimum atomic E-state index is -0.885. The second-order valence-electron chi connectivity index (χ2n) is 7.90. The van der Waals surface area contributed by atoms with Crippen LogP contribution in [0.4, 0.5) is 29.0 Å². The zero-order valence-corrected chi connectivity index (χ0v) is 16.9. The number of hydrogen-bond acceptors (Lipinski definition) is 9. The number of nitrogens with zero attached hydrogens (tertiary/aromatic N) is 2. The van der Waals surface area contributed by atoms with Crippen LogP contribution in [0.3, 0.4) is 0 Å². The van der Waals surface area contributed by atoms with Gasteiger partial charge in [-0.25, -0.2) is 0 Å². The fraction of sp³-hybridized carbons (Fsp3) is 0.400. The van der Waals surface area contributed by atoms with Crippen LogP contribution in [0, 0.1) is 10.8 Å². The van der Waals surface area contributed by atoms with Crippen LogP contribution < -0.4 is 21.7 Å². The van der Waals surface area contributed by atoms with E-state index < -0.39 is 5.60 Å². The Bertz CT molecular complexity index is 931. The molecule has 0 amide bonds. The first-order valence-corrected chi connectivity index (χ1v) is 9.54.